The first kappa shape index (κ1) is 19.3. The first-order valence-corrected chi connectivity index (χ1v) is 8.35. The van der Waals surface area contributed by atoms with Crippen LogP contribution in [-0.2, 0) is 15.2 Å². The number of amides is 1. The summed E-state index contributed by atoms with van der Waals surface area (Å²) in [5, 5.41) is 48.9. The Hall–Kier alpha value is -3.46. The predicted octanol–water partition coefficient (Wildman–Crippen LogP) is 0.904. The van der Waals surface area contributed by atoms with Crippen LogP contribution in [0.1, 0.15) is 35.7 Å². The van der Waals surface area contributed by atoms with Gasteiger partial charge in [-0.15, -0.1) is 0 Å². The van der Waals surface area contributed by atoms with E-state index in [4.69, 9.17) is 11.1 Å². The van der Waals surface area contributed by atoms with E-state index in [2.05, 4.69) is 0 Å². The number of rotatable bonds is 3. The Kier molecular flexibility index (Phi) is 4.35. The second-order valence-electron chi connectivity index (χ2n) is 6.99. The summed E-state index contributed by atoms with van der Waals surface area (Å²) < 4.78 is 0. The average Bonchev–Trinajstić information content (AvgIpc) is 2.61. The van der Waals surface area contributed by atoms with Crippen LogP contribution in [0.4, 0.5) is 0 Å². The second-order valence-corrected chi connectivity index (χ2v) is 6.99. The molecule has 28 heavy (non-hydrogen) atoms. The molecule has 1 aromatic rings. The largest absolute Gasteiger partial charge is 0.507 e. The number of nitrogens with one attached hydrogen (secondary N) is 1. The number of nitrogens with two attached hydrogens (primary N) is 1. The van der Waals surface area contributed by atoms with Gasteiger partial charge in [0.1, 0.15) is 22.8 Å². The molecular weight excluding hydrogens is 368 g/mol. The first-order chi connectivity index (χ1) is 13.0. The molecule has 0 bridgehead atoms. The van der Waals surface area contributed by atoms with Gasteiger partial charge in [0, 0.05) is 17.9 Å². The molecule has 0 aliphatic heterocycles. The molecule has 3 rings (SSSR count). The van der Waals surface area contributed by atoms with Gasteiger partial charge < -0.3 is 26.2 Å². The number of primary amides is 1. The minimum atomic E-state index is -1.65. The van der Waals surface area contributed by atoms with Crippen LogP contribution >= 0.6 is 0 Å². The van der Waals surface area contributed by atoms with Gasteiger partial charge in [-0.3, -0.25) is 19.8 Å². The van der Waals surface area contributed by atoms with Gasteiger partial charge in [0.15, 0.2) is 11.5 Å². The van der Waals surface area contributed by atoms with Crippen LogP contribution in [0.25, 0.3) is 0 Å². The van der Waals surface area contributed by atoms with Gasteiger partial charge in [0.05, 0.1) is 11.2 Å². The van der Waals surface area contributed by atoms with E-state index in [9.17, 15) is 34.8 Å². The fourth-order valence-corrected chi connectivity index (χ4v) is 3.70. The van der Waals surface area contributed by atoms with E-state index >= 15 is 0 Å². The molecule has 0 heterocycles. The van der Waals surface area contributed by atoms with Gasteiger partial charge in [-0.1, -0.05) is 12.1 Å². The molecule has 2 aliphatic carbocycles. The molecule has 0 saturated carbocycles. The molecule has 0 saturated heterocycles. The van der Waals surface area contributed by atoms with Gasteiger partial charge in [0.2, 0.25) is 5.78 Å². The SMILES string of the molecule is C[C@@]1(O)c2cccc(O)c2C(=O)C[C@@H]1CC1=C(O)C(=N)C(C(N)=O)=C(O)C1=O. The topological polar surface area (TPSA) is 182 Å². The highest BCUT2D eigenvalue weighted by Crippen LogP contribution is 2.45. The van der Waals surface area contributed by atoms with Crippen LogP contribution in [0, 0.1) is 11.3 Å². The number of aliphatic hydroxyl groups excluding tert-OH is 2. The minimum absolute atomic E-state index is 0.0107. The molecule has 9 nitrogen and oxygen atoms in total. The van der Waals surface area contributed by atoms with Gasteiger partial charge in [0.25, 0.3) is 5.91 Å². The average molecular weight is 386 g/mol. The molecule has 0 unspecified atom stereocenters. The van der Waals surface area contributed by atoms with E-state index < -0.39 is 57.4 Å². The zero-order valence-corrected chi connectivity index (χ0v) is 14.8. The number of aliphatic hydroxyl groups is 3. The zero-order valence-electron chi connectivity index (χ0n) is 14.8. The molecule has 0 spiro atoms. The lowest BCUT2D eigenvalue weighted by molar-refractivity contribution is -0.118. The summed E-state index contributed by atoms with van der Waals surface area (Å²) in [6, 6.07) is 4.26. The monoisotopic (exact) mass is 386 g/mol. The summed E-state index contributed by atoms with van der Waals surface area (Å²) in [6.45, 7) is 1.41. The molecule has 1 amide bonds. The van der Waals surface area contributed by atoms with E-state index in [-0.39, 0.29) is 29.7 Å². The zero-order chi connectivity index (χ0) is 21.0. The molecule has 0 aromatic heterocycles. The minimum Gasteiger partial charge on any atom is -0.507 e. The van der Waals surface area contributed by atoms with Crippen LogP contribution in [0.3, 0.4) is 0 Å². The number of benzene rings is 1. The highest BCUT2D eigenvalue weighted by Gasteiger charge is 2.46. The Morgan fingerprint density at radius 3 is 2.50 bits per heavy atom. The maximum absolute atomic E-state index is 12.5. The lowest BCUT2D eigenvalue weighted by Crippen LogP contribution is -2.40. The summed E-state index contributed by atoms with van der Waals surface area (Å²) in [5.41, 5.74) is 1.53. The van der Waals surface area contributed by atoms with Crippen molar-refractivity contribution in [3.8, 4) is 5.75 Å². The Bertz CT molecular complexity index is 1020. The van der Waals surface area contributed by atoms with Crippen molar-refractivity contribution < 1.29 is 34.8 Å². The highest BCUT2D eigenvalue weighted by molar-refractivity contribution is 6.34. The molecule has 2 atom stereocenters. The Morgan fingerprint density at radius 1 is 1.25 bits per heavy atom. The first-order valence-electron chi connectivity index (χ1n) is 8.35. The summed E-state index contributed by atoms with van der Waals surface area (Å²) >= 11 is 0. The highest BCUT2D eigenvalue weighted by atomic mass is 16.3. The molecular formula is C19H18N2O7. The van der Waals surface area contributed by atoms with Crippen molar-refractivity contribution in [2.75, 3.05) is 0 Å². The van der Waals surface area contributed by atoms with Gasteiger partial charge in [-0.2, -0.15) is 0 Å². The summed E-state index contributed by atoms with van der Waals surface area (Å²) in [6.07, 6.45) is -0.598. The van der Waals surface area contributed by atoms with Crippen LogP contribution < -0.4 is 5.73 Å². The number of allylic oxidation sites excluding steroid dienone is 2. The van der Waals surface area contributed by atoms with Crippen molar-refractivity contribution in [1.82, 2.24) is 0 Å². The third kappa shape index (κ3) is 2.67. The lowest BCUT2D eigenvalue weighted by atomic mass is 9.68. The number of ketones is 2. The number of fused-ring (bicyclic) bond motifs is 1. The molecule has 2 aliphatic rings. The third-order valence-electron chi connectivity index (χ3n) is 5.29. The summed E-state index contributed by atoms with van der Waals surface area (Å²) in [4.78, 5) is 36.3. The molecule has 0 fully saturated rings. The molecule has 146 valence electrons. The number of phenolic OH excluding ortho intramolecular Hbond substituents is 1. The molecule has 9 heteroatoms. The van der Waals surface area contributed by atoms with Crippen LogP contribution in [0.2, 0.25) is 0 Å². The number of hydrogen-bond acceptors (Lipinski definition) is 8. The Labute approximate surface area is 158 Å². The third-order valence-corrected chi connectivity index (χ3v) is 5.29. The standard InChI is InChI=1S/C19H18N2O7/c1-19(28)7(6-11(23)12-9(19)3-2-4-10(12)22)5-8-15(24)14(20)13(18(21)27)17(26)16(8)25/h2-4,7,20,22,24,26,28H,5-6H2,1H3,(H2,21,27)/t7-,19-/m0/s1. The van der Waals surface area contributed by atoms with E-state index in [1.807, 2.05) is 0 Å². The Balaban J connectivity index is 2.03. The van der Waals surface area contributed by atoms with Gasteiger partial charge >= 0.3 is 0 Å². The number of Topliss-reactive ketones (excluding diaryl/α,β-unsaturated/α-hetero) is 2. The molecule has 7 N–H and O–H groups in total. The van der Waals surface area contributed by atoms with Gasteiger partial charge in [-0.05, 0) is 25.0 Å². The van der Waals surface area contributed by atoms with Crippen LogP contribution in [-0.4, -0.2) is 43.6 Å². The molecule has 0 radical (unpaired) electrons. The van der Waals surface area contributed by atoms with E-state index in [0.717, 1.165) is 0 Å². The number of phenols is 1. The summed E-state index contributed by atoms with van der Waals surface area (Å²) in [5.74, 6) is -5.89. The van der Waals surface area contributed by atoms with Crippen molar-refractivity contribution in [1.29, 1.82) is 5.41 Å². The maximum Gasteiger partial charge on any atom is 0.254 e. The van der Waals surface area contributed by atoms with Crippen molar-refractivity contribution in [3.05, 3.63) is 52.0 Å². The van der Waals surface area contributed by atoms with Crippen LogP contribution in [0.15, 0.2) is 40.9 Å². The number of carbonyl (C=O) groups is 3. The fourth-order valence-electron chi connectivity index (χ4n) is 3.70. The van der Waals surface area contributed by atoms with Crippen molar-refractivity contribution in [3.63, 3.8) is 0 Å². The lowest BCUT2D eigenvalue weighted by Gasteiger charge is -2.39. The quantitative estimate of drug-likeness (QED) is 0.417. The Morgan fingerprint density at radius 2 is 1.89 bits per heavy atom. The normalized spacial score (nSPS) is 25.2. The molecule has 1 aromatic carbocycles. The van der Waals surface area contributed by atoms with Crippen molar-refractivity contribution in [2.45, 2.75) is 25.4 Å². The number of carbonyl (C=O) groups excluding carboxylic acids is 3. The van der Waals surface area contributed by atoms with Crippen molar-refractivity contribution in [2.24, 2.45) is 11.7 Å². The number of hydrogen-bond donors (Lipinski definition) is 6. The number of aromatic hydroxyl groups is 1. The van der Waals surface area contributed by atoms with E-state index in [0.29, 0.717) is 0 Å². The fraction of sp³-hybridized carbons (Fsp3) is 0.263. The smallest absolute Gasteiger partial charge is 0.254 e. The van der Waals surface area contributed by atoms with Crippen molar-refractivity contribution >= 4 is 23.2 Å². The maximum atomic E-state index is 12.5. The second kappa shape index (κ2) is 6.31. The predicted molar refractivity (Wildman–Crippen MR) is 96.0 cm³/mol. The van der Waals surface area contributed by atoms with E-state index in [1.165, 1.54) is 25.1 Å². The van der Waals surface area contributed by atoms with E-state index in [1.54, 1.807) is 0 Å². The van der Waals surface area contributed by atoms with Gasteiger partial charge in [-0.25, -0.2) is 0 Å². The van der Waals surface area contributed by atoms with Crippen LogP contribution in [0.5, 0.6) is 5.75 Å². The summed E-state index contributed by atoms with van der Waals surface area (Å²) in [7, 11) is 0.